The molecule has 0 atom stereocenters. The van der Waals surface area contributed by atoms with Crippen LogP contribution in [0.3, 0.4) is 0 Å². The van der Waals surface area contributed by atoms with E-state index in [-0.39, 0.29) is 11.8 Å². The van der Waals surface area contributed by atoms with Crippen LogP contribution in [0, 0.1) is 5.92 Å². The quantitative estimate of drug-likeness (QED) is 0.777. The number of methoxy groups -OCH3 is 1. The van der Waals surface area contributed by atoms with Crippen LogP contribution in [-0.4, -0.2) is 49.2 Å². The number of rotatable bonds is 3. The van der Waals surface area contributed by atoms with Gasteiger partial charge in [0, 0.05) is 39.6 Å². The number of ether oxygens (including phenoxy) is 1. The van der Waals surface area contributed by atoms with Crippen molar-refractivity contribution in [3.05, 3.63) is 0 Å². The van der Waals surface area contributed by atoms with Crippen LogP contribution in [0.15, 0.2) is 5.10 Å². The molecule has 0 aromatic carbocycles. The van der Waals surface area contributed by atoms with E-state index in [2.05, 4.69) is 10.5 Å². The number of hydrogen-bond donors (Lipinski definition) is 1. The normalized spacial score (nSPS) is 21.5. The maximum atomic E-state index is 12.1. The summed E-state index contributed by atoms with van der Waals surface area (Å²) < 4.78 is 5.13. The molecular weight excluding hydrogens is 234 g/mol. The molecule has 1 N–H and O–H groups in total. The summed E-state index contributed by atoms with van der Waals surface area (Å²) in [5, 5.41) is 3.84. The molecule has 2 amide bonds. The van der Waals surface area contributed by atoms with Crippen LogP contribution in [0.1, 0.15) is 25.7 Å². The number of amides is 2. The van der Waals surface area contributed by atoms with Gasteiger partial charge < -0.3 is 9.64 Å². The van der Waals surface area contributed by atoms with Crippen molar-refractivity contribution in [3.8, 4) is 0 Å². The molecule has 2 aliphatic rings. The Morgan fingerprint density at radius 2 is 2.17 bits per heavy atom. The zero-order valence-corrected chi connectivity index (χ0v) is 10.6. The van der Waals surface area contributed by atoms with Gasteiger partial charge in [0.2, 0.25) is 5.91 Å². The number of hydrazone groups is 1. The molecule has 100 valence electrons. The highest BCUT2D eigenvalue weighted by atomic mass is 16.5. The minimum atomic E-state index is -0.120. The standard InChI is InChI=1S/C12H19N3O3/c1-18-8-9-4-6-15(7-5-9)12(17)10-2-3-11(16)14-13-10/h9H,2-8H2,1H3,(H,14,16). The van der Waals surface area contributed by atoms with Crippen molar-refractivity contribution in [1.29, 1.82) is 0 Å². The molecule has 6 nitrogen and oxygen atoms in total. The van der Waals surface area contributed by atoms with Gasteiger partial charge in [-0.15, -0.1) is 0 Å². The average molecular weight is 253 g/mol. The van der Waals surface area contributed by atoms with Crippen molar-refractivity contribution >= 4 is 17.5 Å². The number of piperidine rings is 1. The molecule has 0 unspecified atom stereocenters. The first-order valence-corrected chi connectivity index (χ1v) is 6.34. The third-order valence-corrected chi connectivity index (χ3v) is 3.46. The van der Waals surface area contributed by atoms with Crippen LogP contribution in [0.2, 0.25) is 0 Å². The summed E-state index contributed by atoms with van der Waals surface area (Å²) in [4.78, 5) is 24.9. The number of nitrogens with one attached hydrogen (secondary N) is 1. The van der Waals surface area contributed by atoms with Crippen molar-refractivity contribution in [1.82, 2.24) is 10.3 Å². The van der Waals surface area contributed by atoms with Crippen molar-refractivity contribution in [2.45, 2.75) is 25.7 Å². The van der Waals surface area contributed by atoms with Crippen molar-refractivity contribution < 1.29 is 14.3 Å². The third kappa shape index (κ3) is 3.07. The SMILES string of the molecule is COCC1CCN(C(=O)C2=NNC(=O)CC2)CC1. The maximum absolute atomic E-state index is 12.1. The van der Waals surface area contributed by atoms with E-state index in [1.54, 1.807) is 7.11 Å². The second-order valence-electron chi connectivity index (χ2n) is 4.78. The van der Waals surface area contributed by atoms with E-state index in [1.165, 1.54) is 0 Å². The van der Waals surface area contributed by atoms with Gasteiger partial charge in [-0.25, -0.2) is 5.43 Å². The van der Waals surface area contributed by atoms with Crippen LogP contribution < -0.4 is 5.43 Å². The van der Waals surface area contributed by atoms with E-state index >= 15 is 0 Å². The summed E-state index contributed by atoms with van der Waals surface area (Å²) >= 11 is 0. The fourth-order valence-corrected chi connectivity index (χ4v) is 2.35. The summed E-state index contributed by atoms with van der Waals surface area (Å²) in [7, 11) is 1.71. The molecule has 2 aliphatic heterocycles. The number of nitrogens with zero attached hydrogens (tertiary/aromatic N) is 2. The Labute approximate surface area is 106 Å². The summed E-state index contributed by atoms with van der Waals surface area (Å²) in [6, 6.07) is 0. The van der Waals surface area contributed by atoms with Gasteiger partial charge in [0.25, 0.3) is 5.91 Å². The summed E-state index contributed by atoms with van der Waals surface area (Å²) in [6.45, 7) is 2.26. The fourth-order valence-electron chi connectivity index (χ4n) is 2.35. The van der Waals surface area contributed by atoms with Crippen LogP contribution in [0.4, 0.5) is 0 Å². The minimum absolute atomic E-state index is 0.0362. The lowest BCUT2D eigenvalue weighted by atomic mass is 9.97. The number of likely N-dealkylation sites (tertiary alicyclic amines) is 1. The summed E-state index contributed by atoms with van der Waals surface area (Å²) in [5.74, 6) is 0.392. The Hall–Kier alpha value is -1.43. The van der Waals surface area contributed by atoms with E-state index < -0.39 is 0 Å². The van der Waals surface area contributed by atoms with Crippen LogP contribution >= 0.6 is 0 Å². The van der Waals surface area contributed by atoms with Gasteiger partial charge in [0.15, 0.2) is 0 Å². The molecule has 0 aromatic heterocycles. The molecule has 2 heterocycles. The highest BCUT2D eigenvalue weighted by Crippen LogP contribution is 2.18. The first-order chi connectivity index (χ1) is 8.70. The monoisotopic (exact) mass is 253 g/mol. The van der Waals surface area contributed by atoms with E-state index in [0.717, 1.165) is 32.5 Å². The van der Waals surface area contributed by atoms with Gasteiger partial charge in [0.05, 0.1) is 0 Å². The van der Waals surface area contributed by atoms with Crippen molar-refractivity contribution in [2.24, 2.45) is 11.0 Å². The van der Waals surface area contributed by atoms with Crippen LogP contribution in [0.25, 0.3) is 0 Å². The molecule has 1 saturated heterocycles. The molecule has 1 fully saturated rings. The van der Waals surface area contributed by atoms with Crippen molar-refractivity contribution in [2.75, 3.05) is 26.8 Å². The van der Waals surface area contributed by atoms with Crippen LogP contribution in [-0.2, 0) is 14.3 Å². The van der Waals surface area contributed by atoms with Gasteiger partial charge in [-0.3, -0.25) is 9.59 Å². The lowest BCUT2D eigenvalue weighted by Gasteiger charge is -2.32. The predicted octanol–water partition coefficient (Wildman–Crippen LogP) is 0.137. The minimum Gasteiger partial charge on any atom is -0.384 e. The van der Waals surface area contributed by atoms with Gasteiger partial charge in [-0.05, 0) is 18.8 Å². The Morgan fingerprint density at radius 3 is 2.72 bits per heavy atom. The summed E-state index contributed by atoms with van der Waals surface area (Å²) in [5.41, 5.74) is 2.83. The molecule has 0 aliphatic carbocycles. The summed E-state index contributed by atoms with van der Waals surface area (Å²) in [6.07, 6.45) is 2.74. The van der Waals surface area contributed by atoms with E-state index in [1.807, 2.05) is 4.90 Å². The highest BCUT2D eigenvalue weighted by molar-refractivity contribution is 6.39. The van der Waals surface area contributed by atoms with Gasteiger partial charge in [0.1, 0.15) is 5.71 Å². The second kappa shape index (κ2) is 5.95. The Balaban J connectivity index is 1.86. The zero-order valence-electron chi connectivity index (χ0n) is 10.6. The average Bonchev–Trinajstić information content (AvgIpc) is 2.40. The molecule has 0 spiro atoms. The number of carbonyl (C=O) groups is 2. The molecule has 0 bridgehead atoms. The Bertz CT molecular complexity index is 360. The van der Waals surface area contributed by atoms with Gasteiger partial charge >= 0.3 is 0 Å². The molecule has 18 heavy (non-hydrogen) atoms. The van der Waals surface area contributed by atoms with Crippen LogP contribution in [0.5, 0.6) is 0 Å². The lowest BCUT2D eigenvalue weighted by Crippen LogP contribution is -2.44. The lowest BCUT2D eigenvalue weighted by molar-refractivity contribution is -0.126. The Kier molecular flexibility index (Phi) is 4.30. The second-order valence-corrected chi connectivity index (χ2v) is 4.78. The molecule has 2 rings (SSSR count). The zero-order chi connectivity index (χ0) is 13.0. The molecule has 0 saturated carbocycles. The topological polar surface area (TPSA) is 71.0 Å². The van der Waals surface area contributed by atoms with Gasteiger partial charge in [-0.1, -0.05) is 0 Å². The Morgan fingerprint density at radius 1 is 1.44 bits per heavy atom. The molecule has 0 radical (unpaired) electrons. The number of hydrogen-bond acceptors (Lipinski definition) is 4. The maximum Gasteiger partial charge on any atom is 0.270 e. The fraction of sp³-hybridized carbons (Fsp3) is 0.750. The van der Waals surface area contributed by atoms with Crippen molar-refractivity contribution in [3.63, 3.8) is 0 Å². The molecular formula is C12H19N3O3. The third-order valence-electron chi connectivity index (χ3n) is 3.46. The smallest absolute Gasteiger partial charge is 0.270 e. The van der Waals surface area contributed by atoms with E-state index in [4.69, 9.17) is 4.74 Å². The first-order valence-electron chi connectivity index (χ1n) is 6.34. The van der Waals surface area contributed by atoms with E-state index in [0.29, 0.717) is 24.5 Å². The largest absolute Gasteiger partial charge is 0.384 e. The van der Waals surface area contributed by atoms with E-state index in [9.17, 15) is 9.59 Å². The first kappa shape index (κ1) is 13.0. The van der Waals surface area contributed by atoms with Gasteiger partial charge in [-0.2, -0.15) is 5.10 Å². The number of carbonyl (C=O) groups excluding carboxylic acids is 2. The predicted molar refractivity (Wildman–Crippen MR) is 66.0 cm³/mol. The molecule has 0 aromatic rings. The molecule has 6 heteroatoms. The highest BCUT2D eigenvalue weighted by Gasteiger charge is 2.27.